The Balaban J connectivity index is 0.000000437. The van der Waals surface area contributed by atoms with Crippen molar-refractivity contribution in [3.63, 3.8) is 0 Å². The highest BCUT2D eigenvalue weighted by molar-refractivity contribution is 6.01. The Morgan fingerprint density at radius 2 is 1.59 bits per heavy atom. The molecule has 2 amide bonds. The topological polar surface area (TPSA) is 101 Å². The number of carboxylic acids is 1. The van der Waals surface area contributed by atoms with Gasteiger partial charge in [-0.15, -0.1) is 5.06 Å². The molecule has 0 spiro atoms. The van der Waals surface area contributed by atoms with Crippen LogP contribution in [0, 0.1) is 0 Å². The van der Waals surface area contributed by atoms with Crippen LogP contribution in [-0.4, -0.2) is 33.9 Å². The molecule has 0 unspecified atom stereocenters. The minimum Gasteiger partial charge on any atom is -0.481 e. The largest absolute Gasteiger partial charge is 0.481 e. The fraction of sp³-hybridized carbons (Fsp3) is 0.600. The minimum atomic E-state index is -0.745. The summed E-state index contributed by atoms with van der Waals surface area (Å²) in [7, 11) is 0. The predicted molar refractivity (Wildman–Crippen MR) is 55.4 cm³/mol. The van der Waals surface area contributed by atoms with Gasteiger partial charge in [0.1, 0.15) is 0 Å². The van der Waals surface area contributed by atoms with Crippen LogP contribution in [0.2, 0.25) is 0 Å². The minimum absolute atomic E-state index is 0.135. The van der Waals surface area contributed by atoms with Crippen LogP contribution >= 0.6 is 0 Å². The van der Waals surface area contributed by atoms with Crippen molar-refractivity contribution in [1.29, 1.82) is 0 Å². The fourth-order valence-corrected chi connectivity index (χ4v) is 0.824. The Hall–Kier alpha value is -1.92. The van der Waals surface area contributed by atoms with Crippen LogP contribution < -0.4 is 0 Å². The van der Waals surface area contributed by atoms with E-state index < -0.39 is 23.8 Å². The number of amides is 2. The number of carboxylic acid groups (broad SMARTS) is 1. The van der Waals surface area contributed by atoms with Crippen molar-refractivity contribution in [1.82, 2.24) is 5.06 Å². The number of carbonyl (C=O) groups excluding carboxylic acids is 3. The highest BCUT2D eigenvalue weighted by atomic mass is 16.7. The van der Waals surface area contributed by atoms with Gasteiger partial charge in [-0.1, -0.05) is 13.8 Å². The molecule has 1 rings (SSSR count). The van der Waals surface area contributed by atoms with Gasteiger partial charge in [-0.05, 0) is 0 Å². The van der Waals surface area contributed by atoms with Crippen molar-refractivity contribution >= 4 is 23.8 Å². The van der Waals surface area contributed by atoms with Crippen LogP contribution in [0.5, 0.6) is 0 Å². The fourth-order valence-electron chi connectivity index (χ4n) is 0.824. The smallest absolute Gasteiger partial charge is 0.332 e. The molecule has 0 aromatic carbocycles. The van der Waals surface area contributed by atoms with Gasteiger partial charge in [0.15, 0.2) is 0 Å². The van der Waals surface area contributed by atoms with E-state index >= 15 is 0 Å². The second-order valence-corrected chi connectivity index (χ2v) is 3.15. The molecule has 0 aromatic heterocycles. The van der Waals surface area contributed by atoms with Gasteiger partial charge in [-0.2, -0.15) is 0 Å². The van der Waals surface area contributed by atoms with Crippen LogP contribution in [-0.2, 0) is 24.0 Å². The monoisotopic (exact) mass is 245 g/mol. The lowest BCUT2D eigenvalue weighted by molar-refractivity contribution is -0.197. The lowest BCUT2D eigenvalue weighted by atomic mass is 10.4. The summed E-state index contributed by atoms with van der Waals surface area (Å²) >= 11 is 0. The van der Waals surface area contributed by atoms with Crippen LogP contribution in [0.15, 0.2) is 0 Å². The molecule has 0 radical (unpaired) electrons. The Bertz CT molecular complexity index is 309. The Morgan fingerprint density at radius 1 is 1.18 bits per heavy atom. The first-order valence-corrected chi connectivity index (χ1v) is 5.20. The van der Waals surface area contributed by atoms with Gasteiger partial charge in [0.25, 0.3) is 11.8 Å². The molecule has 7 heteroatoms. The van der Waals surface area contributed by atoms with Gasteiger partial charge in [0.2, 0.25) is 0 Å². The van der Waals surface area contributed by atoms with E-state index in [0.29, 0.717) is 5.06 Å². The highest BCUT2D eigenvalue weighted by Crippen LogP contribution is 2.12. The van der Waals surface area contributed by atoms with Crippen molar-refractivity contribution in [2.24, 2.45) is 0 Å². The standard InChI is InChI=1S/C7H9NO4.C3H6O2/c1-2-7(11)12-8-5(9)3-4-6(8)10;1-2-3(4)5/h2-4H2,1H3;2H2,1H3,(H,4,5). The molecule has 1 aliphatic rings. The number of hydrogen-bond donors (Lipinski definition) is 1. The number of rotatable bonds is 3. The van der Waals surface area contributed by atoms with E-state index in [2.05, 4.69) is 4.84 Å². The molecule has 1 aliphatic heterocycles. The summed E-state index contributed by atoms with van der Waals surface area (Å²) in [4.78, 5) is 46.3. The zero-order valence-corrected chi connectivity index (χ0v) is 9.76. The van der Waals surface area contributed by atoms with Crippen molar-refractivity contribution in [3.05, 3.63) is 0 Å². The molecule has 1 N–H and O–H groups in total. The third-order valence-corrected chi connectivity index (χ3v) is 1.79. The number of hydrogen-bond acceptors (Lipinski definition) is 5. The Kier molecular flexibility index (Phi) is 6.54. The van der Waals surface area contributed by atoms with E-state index in [1.807, 2.05) is 0 Å². The van der Waals surface area contributed by atoms with Gasteiger partial charge < -0.3 is 9.94 Å². The number of aliphatic carboxylic acids is 1. The van der Waals surface area contributed by atoms with Gasteiger partial charge in [-0.3, -0.25) is 14.4 Å². The lowest BCUT2D eigenvalue weighted by Crippen LogP contribution is -2.31. The van der Waals surface area contributed by atoms with E-state index in [1.165, 1.54) is 0 Å². The van der Waals surface area contributed by atoms with Gasteiger partial charge >= 0.3 is 11.9 Å². The first-order chi connectivity index (χ1) is 7.92. The molecule has 0 atom stereocenters. The highest BCUT2D eigenvalue weighted by Gasteiger charge is 2.32. The maximum Gasteiger partial charge on any atom is 0.332 e. The molecule has 17 heavy (non-hydrogen) atoms. The SMILES string of the molecule is CCC(=O)O.CCC(=O)ON1C(=O)CCC1=O. The molecule has 0 bridgehead atoms. The zero-order valence-electron chi connectivity index (χ0n) is 9.76. The zero-order chi connectivity index (χ0) is 13.4. The summed E-state index contributed by atoms with van der Waals surface area (Å²) < 4.78 is 0. The second-order valence-electron chi connectivity index (χ2n) is 3.15. The Labute approximate surface area is 98.3 Å². The number of hydroxylamine groups is 2. The van der Waals surface area contributed by atoms with Gasteiger partial charge in [-0.25, -0.2) is 4.79 Å². The molecule has 1 heterocycles. The summed E-state index contributed by atoms with van der Waals surface area (Å²) in [6.07, 6.45) is 0.642. The predicted octanol–water partition coefficient (Wildman–Crippen LogP) is 0.485. The molecule has 0 aromatic rings. The van der Waals surface area contributed by atoms with Crippen LogP contribution in [0.1, 0.15) is 39.5 Å². The molecular weight excluding hydrogens is 230 g/mol. The molecule has 1 fully saturated rings. The van der Waals surface area contributed by atoms with E-state index in [9.17, 15) is 19.2 Å². The van der Waals surface area contributed by atoms with Crippen molar-refractivity contribution in [3.8, 4) is 0 Å². The number of carbonyl (C=O) groups is 4. The molecule has 1 saturated heterocycles. The van der Waals surface area contributed by atoms with Gasteiger partial charge in [0, 0.05) is 25.7 Å². The molecule has 7 nitrogen and oxygen atoms in total. The second kappa shape index (κ2) is 7.37. The summed E-state index contributed by atoms with van der Waals surface area (Å²) in [5, 5.41) is 8.27. The first-order valence-electron chi connectivity index (χ1n) is 5.20. The van der Waals surface area contributed by atoms with Crippen LogP contribution in [0.4, 0.5) is 0 Å². The molecular formula is C10H15NO6. The van der Waals surface area contributed by atoms with Crippen molar-refractivity contribution < 1.29 is 29.1 Å². The lowest BCUT2D eigenvalue weighted by Gasteiger charge is -2.10. The van der Waals surface area contributed by atoms with Gasteiger partial charge in [0.05, 0.1) is 0 Å². The van der Waals surface area contributed by atoms with Crippen LogP contribution in [0.3, 0.4) is 0 Å². The molecule has 96 valence electrons. The van der Waals surface area contributed by atoms with Crippen molar-refractivity contribution in [2.45, 2.75) is 39.5 Å². The summed E-state index contributed by atoms with van der Waals surface area (Å²) in [6, 6.07) is 0. The van der Waals surface area contributed by atoms with Crippen molar-refractivity contribution in [2.75, 3.05) is 0 Å². The summed E-state index contributed by atoms with van der Waals surface area (Å²) in [5.41, 5.74) is 0. The summed E-state index contributed by atoms with van der Waals surface area (Å²) in [6.45, 7) is 3.19. The average molecular weight is 245 g/mol. The normalized spacial score (nSPS) is 14.1. The third-order valence-electron chi connectivity index (χ3n) is 1.79. The quantitative estimate of drug-likeness (QED) is 0.726. The van der Waals surface area contributed by atoms with E-state index in [1.54, 1.807) is 13.8 Å². The van der Waals surface area contributed by atoms with E-state index in [0.717, 1.165) is 0 Å². The number of imide groups is 1. The maximum atomic E-state index is 10.9. The molecule has 0 aliphatic carbocycles. The summed E-state index contributed by atoms with van der Waals surface area (Å²) in [5.74, 6) is -2.20. The first kappa shape index (κ1) is 15.1. The van der Waals surface area contributed by atoms with E-state index in [-0.39, 0.29) is 25.7 Å². The number of nitrogens with zero attached hydrogens (tertiary/aromatic N) is 1. The average Bonchev–Trinajstić information content (AvgIpc) is 2.61. The third kappa shape index (κ3) is 5.64. The van der Waals surface area contributed by atoms with Crippen LogP contribution in [0.25, 0.3) is 0 Å². The Morgan fingerprint density at radius 3 is 1.88 bits per heavy atom. The maximum absolute atomic E-state index is 10.9. The molecule has 0 saturated carbocycles. The van der Waals surface area contributed by atoms with E-state index in [4.69, 9.17) is 5.11 Å².